The predicted octanol–water partition coefficient (Wildman–Crippen LogP) is 3.24. The first-order valence-corrected chi connectivity index (χ1v) is 12.8. The average Bonchev–Trinajstić information content (AvgIpc) is 3.54. The zero-order valence-corrected chi connectivity index (χ0v) is 22.6. The molecule has 4 rings (SSSR count). The molecule has 1 unspecified atom stereocenters. The van der Waals surface area contributed by atoms with Gasteiger partial charge in [-0.2, -0.15) is 4.37 Å². The number of hydrogen-bond acceptors (Lipinski definition) is 9. The summed E-state index contributed by atoms with van der Waals surface area (Å²) >= 11 is 1.39. The molecule has 0 bridgehead atoms. The Morgan fingerprint density at radius 3 is 2.65 bits per heavy atom. The zero-order valence-electron chi connectivity index (χ0n) is 21.8. The van der Waals surface area contributed by atoms with Crippen molar-refractivity contribution in [3.05, 3.63) is 58.9 Å². The predicted molar refractivity (Wildman–Crippen MR) is 145 cm³/mol. The molecule has 0 radical (unpaired) electrons. The van der Waals surface area contributed by atoms with Crippen molar-refractivity contribution >= 4 is 35.1 Å². The van der Waals surface area contributed by atoms with Crippen LogP contribution in [0, 0.1) is 13.8 Å². The maximum Gasteiger partial charge on any atom is 0.246 e. The van der Waals surface area contributed by atoms with Crippen molar-refractivity contribution in [3.63, 3.8) is 0 Å². The number of aliphatic hydroxyl groups is 2. The summed E-state index contributed by atoms with van der Waals surface area (Å²) in [7, 11) is 1.72. The second-order valence-corrected chi connectivity index (χ2v) is 9.98. The molecular formula is C27H34N4O5S. The first-order chi connectivity index (χ1) is 17.6. The zero-order chi connectivity index (χ0) is 27.2. The number of anilines is 2. The second-order valence-electron chi connectivity index (χ2n) is 9.23. The number of aromatic nitrogens is 2. The van der Waals surface area contributed by atoms with E-state index in [0.29, 0.717) is 6.54 Å². The summed E-state index contributed by atoms with van der Waals surface area (Å²) in [4.78, 5) is 28.8. The summed E-state index contributed by atoms with van der Waals surface area (Å²) in [6.45, 7) is 8.48. The van der Waals surface area contributed by atoms with Crippen molar-refractivity contribution in [1.29, 1.82) is 0 Å². The van der Waals surface area contributed by atoms with Crippen LogP contribution in [0.2, 0.25) is 0 Å². The molecule has 37 heavy (non-hydrogen) atoms. The van der Waals surface area contributed by atoms with Crippen molar-refractivity contribution in [3.8, 4) is 10.6 Å². The van der Waals surface area contributed by atoms with Gasteiger partial charge in [-0.15, -0.1) is 0 Å². The molecule has 1 aromatic heterocycles. The lowest BCUT2D eigenvalue weighted by Crippen LogP contribution is -2.34. The number of nitrogens with one attached hydrogen (secondary N) is 1. The van der Waals surface area contributed by atoms with Crippen LogP contribution < -0.4 is 10.2 Å². The molecule has 0 fully saturated rings. The minimum absolute atomic E-state index is 0.0580. The number of aryl methyl sites for hydroxylation is 2. The van der Waals surface area contributed by atoms with E-state index in [4.69, 9.17) is 14.9 Å². The summed E-state index contributed by atoms with van der Waals surface area (Å²) in [6.07, 6.45) is -0.0698. The fourth-order valence-corrected chi connectivity index (χ4v) is 4.70. The van der Waals surface area contributed by atoms with E-state index >= 15 is 0 Å². The van der Waals surface area contributed by atoms with Crippen LogP contribution in [0.5, 0.6) is 0 Å². The van der Waals surface area contributed by atoms with Gasteiger partial charge in [-0.1, -0.05) is 24.3 Å². The third kappa shape index (κ3) is 6.78. The summed E-state index contributed by atoms with van der Waals surface area (Å²) in [5.41, 5.74) is 5.98. The summed E-state index contributed by atoms with van der Waals surface area (Å²) in [6, 6.07) is 12.3. The van der Waals surface area contributed by atoms with Crippen LogP contribution in [-0.4, -0.2) is 64.7 Å². The molecule has 10 heteroatoms. The van der Waals surface area contributed by atoms with E-state index < -0.39 is 12.7 Å². The van der Waals surface area contributed by atoms with E-state index in [0.717, 1.165) is 45.3 Å². The van der Waals surface area contributed by atoms with Gasteiger partial charge in [0, 0.05) is 30.6 Å². The van der Waals surface area contributed by atoms with Crippen molar-refractivity contribution in [2.45, 2.75) is 45.8 Å². The molecule has 1 aliphatic heterocycles. The van der Waals surface area contributed by atoms with E-state index in [2.05, 4.69) is 34.6 Å². The molecular weight excluding hydrogens is 492 g/mol. The number of aldehydes is 1. The molecule has 1 aliphatic rings. The van der Waals surface area contributed by atoms with Gasteiger partial charge in [0.2, 0.25) is 5.91 Å². The van der Waals surface area contributed by atoms with Gasteiger partial charge in [0.25, 0.3) is 0 Å². The fourth-order valence-electron chi connectivity index (χ4n) is 4.04. The van der Waals surface area contributed by atoms with E-state index in [9.17, 15) is 9.59 Å². The van der Waals surface area contributed by atoms with Crippen LogP contribution in [0.1, 0.15) is 36.4 Å². The topological polar surface area (TPSA) is 125 Å². The molecule has 0 saturated heterocycles. The third-order valence-corrected chi connectivity index (χ3v) is 7.13. The molecule has 0 aliphatic carbocycles. The maximum atomic E-state index is 13.1. The van der Waals surface area contributed by atoms with Gasteiger partial charge in [0.1, 0.15) is 16.9 Å². The van der Waals surface area contributed by atoms with Gasteiger partial charge >= 0.3 is 0 Å². The van der Waals surface area contributed by atoms with Crippen molar-refractivity contribution in [2.24, 2.45) is 0 Å². The van der Waals surface area contributed by atoms with Gasteiger partial charge in [-0.25, -0.2) is 4.98 Å². The number of methoxy groups -OCH3 is 1. The summed E-state index contributed by atoms with van der Waals surface area (Å²) < 4.78 is 9.95. The van der Waals surface area contributed by atoms with Crippen LogP contribution in [-0.2, 0) is 26.3 Å². The highest BCUT2D eigenvalue weighted by atomic mass is 32.1. The number of amides is 1. The van der Waals surface area contributed by atoms with Crippen LogP contribution in [0.4, 0.5) is 11.4 Å². The molecule has 3 N–H and O–H groups in total. The van der Waals surface area contributed by atoms with E-state index in [1.54, 1.807) is 7.11 Å². The molecule has 9 nitrogen and oxygen atoms in total. The quantitative estimate of drug-likeness (QED) is 0.382. The van der Waals surface area contributed by atoms with E-state index in [-0.39, 0.29) is 24.3 Å². The monoisotopic (exact) mass is 526 g/mol. The highest BCUT2D eigenvalue weighted by molar-refractivity contribution is 7.09. The molecule has 2 aromatic carbocycles. The molecule has 0 spiro atoms. The number of fused-ring (bicyclic) bond motifs is 1. The number of hydrogen-bond donors (Lipinski definition) is 3. The van der Waals surface area contributed by atoms with E-state index in [1.165, 1.54) is 17.1 Å². The number of carbonyl (C=O) groups excluding carboxylic acids is 2. The van der Waals surface area contributed by atoms with Gasteiger partial charge in [0.15, 0.2) is 6.29 Å². The van der Waals surface area contributed by atoms with E-state index in [1.807, 2.05) is 49.1 Å². The fraction of sp³-hybridized carbons (Fsp3) is 0.407. The number of benzene rings is 2. The molecule has 198 valence electrons. The van der Waals surface area contributed by atoms with Crippen LogP contribution in [0.15, 0.2) is 36.4 Å². The smallest absolute Gasteiger partial charge is 0.246 e. The van der Waals surface area contributed by atoms with Crippen molar-refractivity contribution in [2.75, 3.05) is 37.0 Å². The Bertz CT molecular complexity index is 1240. The Morgan fingerprint density at radius 1 is 1.30 bits per heavy atom. The largest absolute Gasteiger partial charge is 0.393 e. The van der Waals surface area contributed by atoms with Crippen LogP contribution >= 0.6 is 11.5 Å². The second kappa shape index (κ2) is 12.4. The number of rotatable bonds is 8. The molecule has 0 saturated carbocycles. The van der Waals surface area contributed by atoms with Crippen LogP contribution in [0.25, 0.3) is 10.6 Å². The minimum atomic E-state index is -1.19. The van der Waals surface area contributed by atoms with Crippen molar-refractivity contribution < 1.29 is 24.5 Å². The number of aliphatic hydroxyl groups excluding tert-OH is 2. The lowest BCUT2D eigenvalue weighted by Gasteiger charge is -2.26. The first-order valence-electron chi connectivity index (χ1n) is 12.0. The van der Waals surface area contributed by atoms with Gasteiger partial charge in [-0.05, 0) is 74.5 Å². The van der Waals surface area contributed by atoms with Crippen LogP contribution in [0.3, 0.4) is 0 Å². The molecule has 1 atom stereocenters. The summed E-state index contributed by atoms with van der Waals surface area (Å²) in [5, 5.41) is 20.1. The minimum Gasteiger partial charge on any atom is -0.393 e. The number of nitrogens with zero attached hydrogens (tertiary/aromatic N) is 3. The third-order valence-electron chi connectivity index (χ3n) is 6.27. The highest BCUT2D eigenvalue weighted by Gasteiger charge is 2.31. The normalized spacial score (nSPS) is 13.4. The Kier molecular flexibility index (Phi) is 9.50. The Labute approximate surface area is 221 Å². The number of ether oxygens (including phenoxy) is 1. The lowest BCUT2D eigenvalue weighted by atomic mass is 9.91. The van der Waals surface area contributed by atoms with Gasteiger partial charge in [0.05, 0.1) is 18.8 Å². The SMILES string of the molecule is COC(C)(C)c1cccc2c1CCN2C(=O)CNc1cc(-c2nc(C)ns2)ccc1C.O=CC(O)CO. The van der Waals surface area contributed by atoms with Crippen molar-refractivity contribution in [1.82, 2.24) is 9.36 Å². The van der Waals surface area contributed by atoms with Gasteiger partial charge in [-0.3, -0.25) is 4.79 Å². The Balaban J connectivity index is 0.000000568. The summed E-state index contributed by atoms with van der Waals surface area (Å²) in [5.74, 6) is 0.830. The highest BCUT2D eigenvalue weighted by Crippen LogP contribution is 2.37. The lowest BCUT2D eigenvalue weighted by molar-refractivity contribution is -0.117. The average molecular weight is 527 g/mol. The van der Waals surface area contributed by atoms with Gasteiger partial charge < -0.3 is 30.0 Å². The molecule has 1 amide bonds. The number of carbonyl (C=O) groups is 2. The maximum absolute atomic E-state index is 13.1. The Morgan fingerprint density at radius 2 is 2.05 bits per heavy atom. The standard InChI is InChI=1S/C24H28N4O2S.C3H6O3/c1-15-9-10-17(23-26-16(2)27-31-23)13-20(15)25-14-22(29)28-12-11-18-19(24(3,4)30-5)7-6-8-21(18)28;4-1-3(6)2-5/h6-10,13,25H,11-12,14H2,1-5H3;1,3,5-6H,2H2. The molecule has 3 aromatic rings. The molecule has 2 heterocycles. The Hall–Kier alpha value is -3.18. The first kappa shape index (κ1) is 28.4.